The number of hydrogen-bond donors (Lipinski definition) is 1. The molecular weight excluding hydrogens is 237 g/mol. The summed E-state index contributed by atoms with van der Waals surface area (Å²) >= 11 is 1.58. The van der Waals surface area contributed by atoms with E-state index in [1.165, 1.54) is 12.1 Å². The maximum absolute atomic E-state index is 13.0. The van der Waals surface area contributed by atoms with Gasteiger partial charge in [-0.25, -0.2) is 9.37 Å². The third kappa shape index (κ3) is 3.61. The van der Waals surface area contributed by atoms with E-state index in [1.807, 2.05) is 11.4 Å². The van der Waals surface area contributed by atoms with E-state index in [2.05, 4.69) is 4.98 Å². The van der Waals surface area contributed by atoms with Gasteiger partial charge in [0.05, 0.1) is 5.01 Å². The number of nitrogens with zero attached hydrogens (tertiary/aromatic N) is 1. The number of aromatic nitrogens is 1. The molecular formula is C13H14FNOS. The van der Waals surface area contributed by atoms with Crippen molar-refractivity contribution < 1.29 is 9.50 Å². The van der Waals surface area contributed by atoms with Gasteiger partial charge in [0.1, 0.15) is 5.82 Å². The standard InChI is InChI=1S/C13H14FNOS/c14-12-3-1-2-10(7-12)6-11(9-16)8-13-15-4-5-17-13/h1-5,7,11,16H,6,8-9H2. The normalized spacial score (nSPS) is 12.6. The molecule has 17 heavy (non-hydrogen) atoms. The molecule has 0 saturated heterocycles. The van der Waals surface area contributed by atoms with Crippen LogP contribution in [0, 0.1) is 11.7 Å². The van der Waals surface area contributed by atoms with E-state index in [4.69, 9.17) is 0 Å². The second-order valence-electron chi connectivity index (χ2n) is 4.01. The molecule has 1 aromatic carbocycles. The molecule has 0 amide bonds. The van der Waals surface area contributed by atoms with Gasteiger partial charge in [-0.15, -0.1) is 11.3 Å². The van der Waals surface area contributed by atoms with Crippen molar-refractivity contribution in [1.29, 1.82) is 0 Å². The third-order valence-electron chi connectivity index (χ3n) is 2.62. The SMILES string of the molecule is OCC(Cc1cccc(F)c1)Cc1nccs1. The van der Waals surface area contributed by atoms with Crippen LogP contribution in [0.25, 0.3) is 0 Å². The average molecular weight is 251 g/mol. The molecule has 2 rings (SSSR count). The number of aliphatic hydroxyl groups is 1. The van der Waals surface area contributed by atoms with Crippen molar-refractivity contribution in [3.05, 3.63) is 52.2 Å². The van der Waals surface area contributed by atoms with Gasteiger partial charge < -0.3 is 5.11 Å². The lowest BCUT2D eigenvalue weighted by molar-refractivity contribution is 0.225. The molecule has 0 aliphatic heterocycles. The molecule has 0 aliphatic rings. The van der Waals surface area contributed by atoms with Crippen molar-refractivity contribution in [2.75, 3.05) is 6.61 Å². The lowest BCUT2D eigenvalue weighted by atomic mass is 9.97. The Kier molecular flexibility index (Phi) is 4.23. The zero-order chi connectivity index (χ0) is 12.1. The molecule has 1 atom stereocenters. The largest absolute Gasteiger partial charge is 0.396 e. The number of thiazole rings is 1. The van der Waals surface area contributed by atoms with Gasteiger partial charge in [0.25, 0.3) is 0 Å². The fourth-order valence-corrected chi connectivity index (χ4v) is 2.53. The maximum Gasteiger partial charge on any atom is 0.123 e. The minimum Gasteiger partial charge on any atom is -0.396 e. The first-order valence-corrected chi connectivity index (χ1v) is 6.39. The summed E-state index contributed by atoms with van der Waals surface area (Å²) in [5.41, 5.74) is 0.917. The molecule has 0 saturated carbocycles. The first kappa shape index (κ1) is 12.2. The van der Waals surface area contributed by atoms with Crippen molar-refractivity contribution in [2.45, 2.75) is 12.8 Å². The monoisotopic (exact) mass is 251 g/mol. The Labute approximate surface area is 104 Å². The van der Waals surface area contributed by atoms with Crippen molar-refractivity contribution in [3.8, 4) is 0 Å². The zero-order valence-electron chi connectivity index (χ0n) is 9.34. The number of benzene rings is 1. The lowest BCUT2D eigenvalue weighted by Gasteiger charge is -2.12. The summed E-state index contributed by atoms with van der Waals surface area (Å²) in [7, 11) is 0. The summed E-state index contributed by atoms with van der Waals surface area (Å²) in [6.45, 7) is 0.0933. The second kappa shape index (κ2) is 5.89. The fourth-order valence-electron chi connectivity index (χ4n) is 1.80. The average Bonchev–Trinajstić information content (AvgIpc) is 2.81. The molecule has 0 bridgehead atoms. The van der Waals surface area contributed by atoms with Gasteiger partial charge in [-0.2, -0.15) is 0 Å². The van der Waals surface area contributed by atoms with Crippen LogP contribution in [0.2, 0.25) is 0 Å². The highest BCUT2D eigenvalue weighted by atomic mass is 32.1. The molecule has 1 heterocycles. The summed E-state index contributed by atoms with van der Waals surface area (Å²) < 4.78 is 13.0. The van der Waals surface area contributed by atoms with Gasteiger partial charge in [-0.05, 0) is 30.0 Å². The number of halogens is 1. The number of hydrogen-bond acceptors (Lipinski definition) is 3. The van der Waals surface area contributed by atoms with Gasteiger partial charge in [-0.1, -0.05) is 12.1 Å². The first-order valence-electron chi connectivity index (χ1n) is 5.51. The molecule has 90 valence electrons. The van der Waals surface area contributed by atoms with Crippen LogP contribution in [-0.2, 0) is 12.8 Å². The molecule has 1 aromatic heterocycles. The van der Waals surface area contributed by atoms with Crippen LogP contribution >= 0.6 is 11.3 Å². The van der Waals surface area contributed by atoms with Gasteiger partial charge in [0.2, 0.25) is 0 Å². The maximum atomic E-state index is 13.0. The zero-order valence-corrected chi connectivity index (χ0v) is 10.2. The third-order valence-corrected chi connectivity index (χ3v) is 3.42. The van der Waals surface area contributed by atoms with Crippen molar-refractivity contribution in [3.63, 3.8) is 0 Å². The Balaban J connectivity index is 2.00. The van der Waals surface area contributed by atoms with Crippen molar-refractivity contribution in [1.82, 2.24) is 4.98 Å². The summed E-state index contributed by atoms with van der Waals surface area (Å²) in [5.74, 6) is -0.128. The predicted molar refractivity (Wildman–Crippen MR) is 66.5 cm³/mol. The highest BCUT2D eigenvalue weighted by Gasteiger charge is 2.11. The molecule has 0 fully saturated rings. The highest BCUT2D eigenvalue weighted by molar-refractivity contribution is 7.09. The van der Waals surface area contributed by atoms with Crippen LogP contribution < -0.4 is 0 Å². The Morgan fingerprint density at radius 3 is 2.88 bits per heavy atom. The lowest BCUT2D eigenvalue weighted by Crippen LogP contribution is -2.12. The molecule has 4 heteroatoms. The Morgan fingerprint density at radius 1 is 1.35 bits per heavy atom. The summed E-state index contributed by atoms with van der Waals surface area (Å²) in [4.78, 5) is 4.20. The van der Waals surface area contributed by atoms with E-state index < -0.39 is 0 Å². The summed E-state index contributed by atoms with van der Waals surface area (Å²) in [6, 6.07) is 6.53. The summed E-state index contributed by atoms with van der Waals surface area (Å²) in [6.07, 6.45) is 3.18. The van der Waals surface area contributed by atoms with Crippen LogP contribution in [0.5, 0.6) is 0 Å². The van der Waals surface area contributed by atoms with Crippen molar-refractivity contribution >= 4 is 11.3 Å². The van der Waals surface area contributed by atoms with Gasteiger partial charge in [0.15, 0.2) is 0 Å². The smallest absolute Gasteiger partial charge is 0.123 e. The molecule has 1 N–H and O–H groups in total. The number of aliphatic hydroxyl groups excluding tert-OH is 1. The van der Waals surface area contributed by atoms with Gasteiger partial charge >= 0.3 is 0 Å². The summed E-state index contributed by atoms with van der Waals surface area (Å²) in [5, 5.41) is 12.3. The first-order chi connectivity index (χ1) is 8.28. The quantitative estimate of drug-likeness (QED) is 0.886. The molecule has 1 unspecified atom stereocenters. The molecule has 0 radical (unpaired) electrons. The Hall–Kier alpha value is -1.26. The van der Waals surface area contributed by atoms with E-state index in [9.17, 15) is 9.50 Å². The van der Waals surface area contributed by atoms with Crippen LogP contribution in [0.15, 0.2) is 35.8 Å². The van der Waals surface area contributed by atoms with Crippen LogP contribution in [0.1, 0.15) is 10.6 Å². The predicted octanol–water partition coefficient (Wildman–Crippen LogP) is 2.68. The van der Waals surface area contributed by atoms with E-state index in [0.717, 1.165) is 17.0 Å². The van der Waals surface area contributed by atoms with Crippen LogP contribution in [0.3, 0.4) is 0 Å². The number of rotatable bonds is 5. The fraction of sp³-hybridized carbons (Fsp3) is 0.308. The molecule has 0 spiro atoms. The topological polar surface area (TPSA) is 33.1 Å². The van der Waals surface area contributed by atoms with Gasteiger partial charge in [-0.3, -0.25) is 0 Å². The van der Waals surface area contributed by atoms with E-state index >= 15 is 0 Å². The molecule has 2 nitrogen and oxygen atoms in total. The second-order valence-corrected chi connectivity index (χ2v) is 4.99. The van der Waals surface area contributed by atoms with Crippen molar-refractivity contribution in [2.24, 2.45) is 5.92 Å². The Morgan fingerprint density at radius 2 is 2.24 bits per heavy atom. The van der Waals surface area contributed by atoms with E-state index in [0.29, 0.717) is 6.42 Å². The molecule has 0 aliphatic carbocycles. The van der Waals surface area contributed by atoms with E-state index in [-0.39, 0.29) is 18.3 Å². The minimum absolute atomic E-state index is 0.0933. The minimum atomic E-state index is -0.228. The van der Waals surface area contributed by atoms with Crippen LogP contribution in [-0.4, -0.2) is 16.7 Å². The van der Waals surface area contributed by atoms with Gasteiger partial charge in [0, 0.05) is 24.6 Å². The molecule has 2 aromatic rings. The van der Waals surface area contributed by atoms with Crippen LogP contribution in [0.4, 0.5) is 4.39 Å². The van der Waals surface area contributed by atoms with E-state index in [1.54, 1.807) is 23.6 Å². The highest BCUT2D eigenvalue weighted by Crippen LogP contribution is 2.16. The Bertz CT molecular complexity index is 458.